The maximum Gasteiger partial charge on any atom is 0.247 e. The summed E-state index contributed by atoms with van der Waals surface area (Å²) in [5, 5.41) is 10.7. The Morgan fingerprint density at radius 1 is 1.14 bits per heavy atom. The van der Waals surface area contributed by atoms with Gasteiger partial charge in [0.05, 0.1) is 29.2 Å². The van der Waals surface area contributed by atoms with E-state index in [1.54, 1.807) is 28.8 Å². The Bertz CT molecular complexity index is 1180. The normalized spacial score (nSPS) is 31.1. The van der Waals surface area contributed by atoms with Gasteiger partial charge >= 0.3 is 0 Å². The summed E-state index contributed by atoms with van der Waals surface area (Å²) in [4.78, 5) is 49.4. The van der Waals surface area contributed by atoms with Crippen LogP contribution in [0.1, 0.15) is 63.5 Å². The van der Waals surface area contributed by atoms with E-state index in [4.69, 9.17) is 0 Å². The zero-order valence-electron chi connectivity index (χ0n) is 24.6. The van der Waals surface area contributed by atoms with Gasteiger partial charge in [-0.2, -0.15) is 0 Å². The molecule has 3 heterocycles. The number of carbonyl (C=O) groups is 3. The third kappa shape index (κ3) is 5.28. The highest BCUT2D eigenvalue weighted by Crippen LogP contribution is 2.68. The van der Waals surface area contributed by atoms with E-state index in [1.807, 2.05) is 47.1 Å². The number of alkyl halides is 1. The van der Waals surface area contributed by atoms with Crippen molar-refractivity contribution >= 4 is 45.4 Å². The van der Waals surface area contributed by atoms with Crippen molar-refractivity contribution in [1.82, 2.24) is 14.7 Å². The number of rotatable bonds is 12. The highest BCUT2D eigenvalue weighted by atomic mass is 79.9. The van der Waals surface area contributed by atoms with Gasteiger partial charge < -0.3 is 19.8 Å². The molecule has 3 amide bonds. The largest absolute Gasteiger partial charge is 0.394 e. The van der Waals surface area contributed by atoms with Crippen molar-refractivity contribution in [2.75, 3.05) is 26.2 Å². The number of nitrogens with zero attached hydrogens (tertiary/aromatic N) is 3. The molecule has 7 atom stereocenters. The van der Waals surface area contributed by atoms with Gasteiger partial charge in [-0.15, -0.1) is 24.9 Å². The Morgan fingerprint density at radius 3 is 2.45 bits per heavy atom. The summed E-state index contributed by atoms with van der Waals surface area (Å²) in [6.07, 6.45) is 10.1. The predicted octanol–water partition coefficient (Wildman–Crippen LogP) is 4.96. The maximum atomic E-state index is 15.0. The van der Waals surface area contributed by atoms with Crippen LogP contribution in [0, 0.1) is 11.8 Å². The first-order chi connectivity index (χ1) is 20.3. The molecule has 3 aliphatic heterocycles. The van der Waals surface area contributed by atoms with E-state index in [0.717, 1.165) is 37.7 Å². The monoisotopic (exact) mass is 657 g/mol. The number of hydrogen-bond donors (Lipinski definition) is 1. The molecular formula is C33H44BrN3O4S. The minimum Gasteiger partial charge on any atom is -0.394 e. The summed E-state index contributed by atoms with van der Waals surface area (Å²) in [5.74, 6) is -1.50. The van der Waals surface area contributed by atoms with Gasteiger partial charge in [0.15, 0.2) is 0 Å². The van der Waals surface area contributed by atoms with E-state index < -0.39 is 28.7 Å². The second-order valence-electron chi connectivity index (χ2n) is 12.2. The average molecular weight is 659 g/mol. The first kappa shape index (κ1) is 31.3. The number of aliphatic hydroxyl groups excluding tert-OH is 1. The molecule has 1 aliphatic carbocycles. The van der Waals surface area contributed by atoms with Gasteiger partial charge in [-0.05, 0) is 31.2 Å². The molecule has 0 radical (unpaired) electrons. The fourth-order valence-electron chi connectivity index (χ4n) is 8.03. The fourth-order valence-corrected chi connectivity index (χ4v) is 11.6. The molecule has 7 nitrogen and oxygen atoms in total. The van der Waals surface area contributed by atoms with E-state index in [-0.39, 0.29) is 40.4 Å². The Hall–Kier alpha value is -2.10. The second kappa shape index (κ2) is 13.3. The van der Waals surface area contributed by atoms with Crippen molar-refractivity contribution in [1.29, 1.82) is 0 Å². The van der Waals surface area contributed by atoms with E-state index in [2.05, 4.69) is 29.1 Å². The number of amides is 3. The number of thioether (sulfide) groups is 1. The quantitative estimate of drug-likeness (QED) is 0.254. The van der Waals surface area contributed by atoms with Crippen molar-refractivity contribution in [2.45, 2.75) is 84.8 Å². The number of likely N-dealkylation sites (tertiary alicyclic amines) is 1. The smallest absolute Gasteiger partial charge is 0.247 e. The zero-order valence-corrected chi connectivity index (χ0v) is 27.0. The van der Waals surface area contributed by atoms with Crippen molar-refractivity contribution in [3.63, 3.8) is 0 Å². The van der Waals surface area contributed by atoms with Crippen LogP contribution in [0.4, 0.5) is 0 Å². The lowest BCUT2D eigenvalue weighted by Crippen LogP contribution is -2.58. The number of aliphatic hydroxyl groups is 1. The van der Waals surface area contributed by atoms with Crippen LogP contribution >= 0.6 is 27.7 Å². The summed E-state index contributed by atoms with van der Waals surface area (Å²) in [7, 11) is 0. The summed E-state index contributed by atoms with van der Waals surface area (Å²) in [5.41, 5.74) is 0.785. The zero-order chi connectivity index (χ0) is 30.0. The number of halogens is 1. The molecule has 0 aromatic heterocycles. The highest BCUT2D eigenvalue weighted by molar-refractivity contribution is 9.09. The molecule has 1 aromatic rings. The Balaban J connectivity index is 1.62. The molecule has 1 spiro atoms. The minimum absolute atomic E-state index is 0.00482. The third-order valence-corrected chi connectivity index (χ3v) is 12.9. The van der Waals surface area contributed by atoms with Crippen LogP contribution in [-0.4, -0.2) is 90.7 Å². The van der Waals surface area contributed by atoms with Crippen molar-refractivity contribution in [3.8, 4) is 0 Å². The Morgan fingerprint density at radius 2 is 1.83 bits per heavy atom. The lowest BCUT2D eigenvalue weighted by Gasteiger charge is -2.43. The molecule has 228 valence electrons. The van der Waals surface area contributed by atoms with E-state index in [9.17, 15) is 19.5 Å². The van der Waals surface area contributed by atoms with Crippen LogP contribution < -0.4 is 0 Å². The maximum absolute atomic E-state index is 15.0. The Kier molecular flexibility index (Phi) is 9.90. The Labute approximate surface area is 262 Å². The van der Waals surface area contributed by atoms with Gasteiger partial charge in [0, 0.05) is 35.8 Å². The average Bonchev–Trinajstić information content (AvgIpc) is 3.60. The molecule has 1 aromatic carbocycles. The van der Waals surface area contributed by atoms with Crippen LogP contribution in [0.25, 0.3) is 0 Å². The lowest BCUT2D eigenvalue weighted by molar-refractivity contribution is -0.148. The van der Waals surface area contributed by atoms with Crippen molar-refractivity contribution < 1.29 is 19.5 Å². The van der Waals surface area contributed by atoms with Gasteiger partial charge in [0.25, 0.3) is 0 Å². The molecule has 42 heavy (non-hydrogen) atoms. The standard InChI is InChI=1S/C33H44BrN3O4S/c1-4-17-35(18-5-2)30(39)26-27-31(40)37(25(21-38)22-13-9-7-10-14-22)29(33(27)20-24(34)28(26)42-33)32(41)36(19-6-3)23-15-11-8-12-16-23/h4,6-7,9-10,13-14,23-29,38H,1,3,5,8,11-12,15-21H2,2H3/t24?,25-,26+,27+,28+,29?,33?/m1/s1. The number of hydrogen-bond acceptors (Lipinski definition) is 5. The van der Waals surface area contributed by atoms with Crippen molar-refractivity contribution in [3.05, 3.63) is 61.2 Å². The summed E-state index contributed by atoms with van der Waals surface area (Å²) in [6, 6.07) is 8.09. The number of carbonyl (C=O) groups excluding carboxylic acids is 3. The third-order valence-electron chi connectivity index (χ3n) is 9.72. The molecule has 5 rings (SSSR count). The van der Waals surface area contributed by atoms with Crippen LogP contribution in [0.5, 0.6) is 0 Å². The lowest BCUT2D eigenvalue weighted by atomic mass is 9.70. The van der Waals surface area contributed by atoms with Gasteiger partial charge in [-0.1, -0.05) is 84.6 Å². The van der Waals surface area contributed by atoms with E-state index >= 15 is 0 Å². The predicted molar refractivity (Wildman–Crippen MR) is 171 cm³/mol. The first-order valence-corrected chi connectivity index (χ1v) is 17.2. The van der Waals surface area contributed by atoms with E-state index in [0.29, 0.717) is 26.1 Å². The topological polar surface area (TPSA) is 81.2 Å². The molecule has 4 fully saturated rings. The number of fused-ring (bicyclic) bond motifs is 1. The molecule has 1 N–H and O–H groups in total. The highest BCUT2D eigenvalue weighted by Gasteiger charge is 2.76. The fraction of sp³-hybridized carbons (Fsp3) is 0.606. The first-order valence-electron chi connectivity index (χ1n) is 15.5. The summed E-state index contributed by atoms with van der Waals surface area (Å²) >= 11 is 5.55. The van der Waals surface area contributed by atoms with Gasteiger partial charge in [0.2, 0.25) is 17.7 Å². The van der Waals surface area contributed by atoms with Crippen molar-refractivity contribution in [2.24, 2.45) is 11.8 Å². The van der Waals surface area contributed by atoms with E-state index in [1.165, 1.54) is 6.42 Å². The number of benzene rings is 1. The molecule has 9 heteroatoms. The van der Waals surface area contributed by atoms with Gasteiger partial charge in [0.1, 0.15) is 6.04 Å². The van der Waals surface area contributed by atoms with Crippen LogP contribution in [0.15, 0.2) is 55.6 Å². The minimum atomic E-state index is -0.791. The molecule has 3 saturated heterocycles. The van der Waals surface area contributed by atoms with Gasteiger partial charge in [-0.25, -0.2) is 0 Å². The molecule has 2 bridgehead atoms. The summed E-state index contributed by atoms with van der Waals surface area (Å²) in [6.45, 7) is 11.0. The van der Waals surface area contributed by atoms with Gasteiger partial charge in [-0.3, -0.25) is 14.4 Å². The SMILES string of the molecule is C=CCN(CCC)C(=O)[C@H]1[C@H]2C(=O)N([C@H](CO)c3ccccc3)C(C(=O)N(CC=C)C3CCCCC3)C23CC(Br)[C@@H]1S3. The van der Waals surface area contributed by atoms with Crippen LogP contribution in [0.3, 0.4) is 0 Å². The molecular weight excluding hydrogens is 614 g/mol. The molecule has 4 aliphatic rings. The summed E-state index contributed by atoms with van der Waals surface area (Å²) < 4.78 is -0.768. The molecule has 3 unspecified atom stereocenters. The molecule has 1 saturated carbocycles. The second-order valence-corrected chi connectivity index (χ2v) is 14.9. The van der Waals surface area contributed by atoms with Crippen LogP contribution in [-0.2, 0) is 14.4 Å². The van der Waals surface area contributed by atoms with Crippen LogP contribution in [0.2, 0.25) is 0 Å².